The summed E-state index contributed by atoms with van der Waals surface area (Å²) < 4.78 is 0. The molecule has 0 saturated carbocycles. The summed E-state index contributed by atoms with van der Waals surface area (Å²) >= 11 is 0. The number of allylic oxidation sites excluding steroid dienone is 2. The fourth-order valence-electron chi connectivity index (χ4n) is 2.29. The van der Waals surface area contributed by atoms with Crippen molar-refractivity contribution >= 4 is 12.2 Å². The van der Waals surface area contributed by atoms with Crippen LogP contribution in [0.25, 0.3) is 12.2 Å². The lowest BCUT2D eigenvalue weighted by Gasteiger charge is -2.07. The number of phenols is 2. The number of phenolic OH excluding ortho intramolecular Hbond substituents is 2. The SMILES string of the molecule is C/C=C\c1cc(Cc2ccc(O)c(/C=C\C)c2)ccc1O. The average Bonchev–Trinajstić information content (AvgIpc) is 2.47. The van der Waals surface area contributed by atoms with Crippen LogP contribution in [0, 0.1) is 0 Å². The number of hydrogen-bond acceptors (Lipinski definition) is 2. The highest BCUT2D eigenvalue weighted by Crippen LogP contribution is 2.24. The summed E-state index contributed by atoms with van der Waals surface area (Å²) in [4.78, 5) is 0. The van der Waals surface area contributed by atoms with E-state index in [1.54, 1.807) is 12.1 Å². The molecule has 0 unspecified atom stereocenters. The van der Waals surface area contributed by atoms with Crippen molar-refractivity contribution in [2.45, 2.75) is 20.3 Å². The molecule has 0 amide bonds. The lowest BCUT2D eigenvalue weighted by molar-refractivity contribution is 0.473. The summed E-state index contributed by atoms with van der Waals surface area (Å²) in [7, 11) is 0. The van der Waals surface area contributed by atoms with Crippen LogP contribution in [0.15, 0.2) is 48.6 Å². The monoisotopic (exact) mass is 280 g/mol. The molecule has 2 aromatic carbocycles. The second-order valence-corrected chi connectivity index (χ2v) is 4.96. The molecule has 0 atom stereocenters. The molecule has 0 radical (unpaired) electrons. The van der Waals surface area contributed by atoms with Crippen LogP contribution >= 0.6 is 0 Å². The molecule has 0 aliphatic heterocycles. The molecule has 0 aliphatic carbocycles. The maximum atomic E-state index is 9.79. The van der Waals surface area contributed by atoms with Gasteiger partial charge in [0.05, 0.1) is 0 Å². The molecule has 0 spiro atoms. The molecule has 2 heteroatoms. The average molecular weight is 280 g/mol. The number of aromatic hydroxyl groups is 2. The van der Waals surface area contributed by atoms with E-state index in [0.29, 0.717) is 0 Å². The first-order valence-electron chi connectivity index (χ1n) is 7.03. The molecule has 0 aromatic heterocycles. The molecule has 2 N–H and O–H groups in total. The summed E-state index contributed by atoms with van der Waals surface area (Å²) in [5, 5.41) is 19.6. The molecule has 2 rings (SSSR count). The Labute approximate surface area is 125 Å². The Morgan fingerprint density at radius 1 is 0.762 bits per heavy atom. The molecular formula is C19H20O2. The molecule has 2 aromatic rings. The van der Waals surface area contributed by atoms with Crippen molar-refractivity contribution in [1.82, 2.24) is 0 Å². The van der Waals surface area contributed by atoms with E-state index in [1.165, 1.54) is 0 Å². The zero-order chi connectivity index (χ0) is 15.2. The van der Waals surface area contributed by atoms with Crippen LogP contribution in [0.3, 0.4) is 0 Å². The zero-order valence-electron chi connectivity index (χ0n) is 12.4. The number of benzene rings is 2. The van der Waals surface area contributed by atoms with E-state index >= 15 is 0 Å². The minimum Gasteiger partial charge on any atom is -0.507 e. The van der Waals surface area contributed by atoms with Gasteiger partial charge in [0.1, 0.15) is 11.5 Å². The minimum atomic E-state index is 0.289. The first-order chi connectivity index (χ1) is 10.1. The van der Waals surface area contributed by atoms with Gasteiger partial charge in [-0.2, -0.15) is 0 Å². The number of hydrogen-bond donors (Lipinski definition) is 2. The smallest absolute Gasteiger partial charge is 0.122 e. The summed E-state index contributed by atoms with van der Waals surface area (Å²) in [5.41, 5.74) is 3.89. The van der Waals surface area contributed by atoms with Gasteiger partial charge in [-0.3, -0.25) is 0 Å². The van der Waals surface area contributed by atoms with Crippen LogP contribution in [0.2, 0.25) is 0 Å². The van der Waals surface area contributed by atoms with Crippen LogP contribution in [-0.4, -0.2) is 10.2 Å². The van der Waals surface area contributed by atoms with Gasteiger partial charge in [-0.15, -0.1) is 0 Å². The van der Waals surface area contributed by atoms with Crippen molar-refractivity contribution in [2.75, 3.05) is 0 Å². The highest BCUT2D eigenvalue weighted by atomic mass is 16.3. The van der Waals surface area contributed by atoms with Gasteiger partial charge in [0, 0.05) is 11.1 Å². The van der Waals surface area contributed by atoms with Crippen molar-refractivity contribution in [1.29, 1.82) is 0 Å². The summed E-state index contributed by atoms with van der Waals surface area (Å²) in [5.74, 6) is 0.578. The van der Waals surface area contributed by atoms with Gasteiger partial charge >= 0.3 is 0 Å². The normalized spacial score (nSPS) is 11.5. The molecular weight excluding hydrogens is 260 g/mol. The van der Waals surface area contributed by atoms with E-state index in [4.69, 9.17) is 0 Å². The number of rotatable bonds is 4. The summed E-state index contributed by atoms with van der Waals surface area (Å²) in [6.07, 6.45) is 8.35. The van der Waals surface area contributed by atoms with Crippen molar-refractivity contribution < 1.29 is 10.2 Å². The first-order valence-corrected chi connectivity index (χ1v) is 7.03. The van der Waals surface area contributed by atoms with Crippen LogP contribution in [0.4, 0.5) is 0 Å². The lowest BCUT2D eigenvalue weighted by Crippen LogP contribution is -1.90. The zero-order valence-corrected chi connectivity index (χ0v) is 12.4. The van der Waals surface area contributed by atoms with Gasteiger partial charge in [0.25, 0.3) is 0 Å². The summed E-state index contributed by atoms with van der Waals surface area (Å²) in [6, 6.07) is 11.2. The lowest BCUT2D eigenvalue weighted by atomic mass is 10.00. The summed E-state index contributed by atoms with van der Waals surface area (Å²) in [6.45, 7) is 3.85. The Morgan fingerprint density at radius 2 is 1.19 bits per heavy atom. The third-order valence-corrected chi connectivity index (χ3v) is 3.28. The second kappa shape index (κ2) is 6.80. The topological polar surface area (TPSA) is 40.5 Å². The molecule has 0 heterocycles. The van der Waals surface area contributed by atoms with Crippen LogP contribution in [-0.2, 0) is 6.42 Å². The third kappa shape index (κ3) is 3.76. The van der Waals surface area contributed by atoms with Gasteiger partial charge in [-0.1, -0.05) is 36.4 Å². The van der Waals surface area contributed by atoms with Gasteiger partial charge in [-0.25, -0.2) is 0 Å². The fourth-order valence-corrected chi connectivity index (χ4v) is 2.29. The Kier molecular flexibility index (Phi) is 4.83. The molecule has 0 bridgehead atoms. The molecule has 21 heavy (non-hydrogen) atoms. The van der Waals surface area contributed by atoms with Crippen molar-refractivity contribution in [3.8, 4) is 11.5 Å². The largest absolute Gasteiger partial charge is 0.507 e. The van der Waals surface area contributed by atoms with Gasteiger partial charge < -0.3 is 10.2 Å². The highest BCUT2D eigenvalue weighted by Gasteiger charge is 2.04. The van der Waals surface area contributed by atoms with Crippen LogP contribution < -0.4 is 0 Å². The van der Waals surface area contributed by atoms with E-state index in [1.807, 2.05) is 62.4 Å². The van der Waals surface area contributed by atoms with E-state index in [2.05, 4.69) is 0 Å². The first kappa shape index (κ1) is 14.9. The minimum absolute atomic E-state index is 0.289. The van der Waals surface area contributed by atoms with Gasteiger partial charge in [0.2, 0.25) is 0 Å². The van der Waals surface area contributed by atoms with E-state index < -0.39 is 0 Å². The molecule has 108 valence electrons. The van der Waals surface area contributed by atoms with Crippen molar-refractivity contribution in [3.63, 3.8) is 0 Å². The maximum Gasteiger partial charge on any atom is 0.122 e. The molecule has 2 nitrogen and oxygen atoms in total. The fraction of sp³-hybridized carbons (Fsp3) is 0.158. The van der Waals surface area contributed by atoms with Crippen LogP contribution in [0.1, 0.15) is 36.1 Å². The Morgan fingerprint density at radius 3 is 1.57 bits per heavy atom. The predicted molar refractivity (Wildman–Crippen MR) is 88.4 cm³/mol. The molecule has 0 aliphatic rings. The Balaban J connectivity index is 2.30. The second-order valence-electron chi connectivity index (χ2n) is 4.96. The van der Waals surface area contributed by atoms with Crippen LogP contribution in [0.5, 0.6) is 11.5 Å². The Bertz CT molecular complexity index is 622. The quantitative estimate of drug-likeness (QED) is 0.848. The van der Waals surface area contributed by atoms with E-state index in [0.717, 1.165) is 28.7 Å². The van der Waals surface area contributed by atoms with E-state index in [-0.39, 0.29) is 11.5 Å². The maximum absolute atomic E-state index is 9.79. The van der Waals surface area contributed by atoms with E-state index in [9.17, 15) is 10.2 Å². The molecule has 0 fully saturated rings. The van der Waals surface area contributed by atoms with Crippen molar-refractivity contribution in [2.24, 2.45) is 0 Å². The standard InChI is InChI=1S/C19H20O2/c1-3-5-16-12-14(7-9-18(16)20)11-15-8-10-19(21)17(13-15)6-4-2/h3-10,12-13,20-21H,11H2,1-2H3/b5-3-,6-4-. The Hall–Kier alpha value is -2.48. The third-order valence-electron chi connectivity index (χ3n) is 3.28. The van der Waals surface area contributed by atoms with Crippen molar-refractivity contribution in [3.05, 3.63) is 70.8 Å². The predicted octanol–water partition coefficient (Wildman–Crippen LogP) is 4.75. The van der Waals surface area contributed by atoms with Gasteiger partial charge in [-0.05, 0) is 55.7 Å². The highest BCUT2D eigenvalue weighted by molar-refractivity contribution is 5.59. The molecule has 0 saturated heterocycles. The van der Waals surface area contributed by atoms with Gasteiger partial charge in [0.15, 0.2) is 0 Å².